The van der Waals surface area contributed by atoms with Crippen LogP contribution in [0.4, 0.5) is 0 Å². The lowest BCUT2D eigenvalue weighted by molar-refractivity contribution is 0.394. The van der Waals surface area contributed by atoms with E-state index in [4.69, 9.17) is 9.47 Å². The summed E-state index contributed by atoms with van der Waals surface area (Å²) in [6.07, 6.45) is 1.57. The number of benzene rings is 2. The summed E-state index contributed by atoms with van der Waals surface area (Å²) < 4.78 is 11.8. The fourth-order valence-corrected chi connectivity index (χ4v) is 3.04. The number of aromatic nitrogens is 3. The molecule has 136 valence electrons. The highest BCUT2D eigenvalue weighted by Gasteiger charge is 2.13. The molecule has 0 saturated heterocycles. The Morgan fingerprint density at radius 3 is 2.74 bits per heavy atom. The number of aryl methyl sites for hydroxylation is 1. The highest BCUT2D eigenvalue weighted by Crippen LogP contribution is 2.24. The molecule has 27 heavy (non-hydrogen) atoms. The van der Waals surface area contributed by atoms with E-state index in [1.165, 1.54) is 4.68 Å². The fourth-order valence-electron chi connectivity index (χ4n) is 3.04. The molecule has 0 atom stereocenters. The van der Waals surface area contributed by atoms with Gasteiger partial charge >= 0.3 is 0 Å². The van der Waals surface area contributed by atoms with E-state index in [1.54, 1.807) is 39.5 Å². The van der Waals surface area contributed by atoms with Crippen LogP contribution in [0.15, 0.2) is 52.4 Å². The Morgan fingerprint density at radius 2 is 1.96 bits per heavy atom. The van der Waals surface area contributed by atoms with Gasteiger partial charge in [0.25, 0.3) is 5.56 Å². The highest BCUT2D eigenvalue weighted by atomic mass is 16.5. The number of hydrogen-bond acceptors (Lipinski definition) is 5. The first-order valence-electron chi connectivity index (χ1n) is 8.39. The first-order chi connectivity index (χ1) is 13.1. The van der Waals surface area contributed by atoms with Gasteiger partial charge in [0, 0.05) is 22.5 Å². The summed E-state index contributed by atoms with van der Waals surface area (Å²) in [4.78, 5) is 20.6. The molecule has 2 aromatic heterocycles. The molecule has 1 N–H and O–H groups in total. The lowest BCUT2D eigenvalue weighted by Gasteiger charge is -2.07. The minimum Gasteiger partial charge on any atom is -0.497 e. The van der Waals surface area contributed by atoms with Gasteiger partial charge < -0.3 is 14.5 Å². The van der Waals surface area contributed by atoms with Gasteiger partial charge in [0.2, 0.25) is 0 Å². The van der Waals surface area contributed by atoms with Gasteiger partial charge in [0.15, 0.2) is 0 Å². The zero-order valence-corrected chi connectivity index (χ0v) is 15.2. The molecule has 2 heterocycles. The Hall–Kier alpha value is -3.61. The van der Waals surface area contributed by atoms with E-state index in [0.717, 1.165) is 16.5 Å². The second kappa shape index (κ2) is 6.60. The molecule has 4 aromatic rings. The number of para-hydroxylation sites is 1. The van der Waals surface area contributed by atoms with E-state index in [0.29, 0.717) is 28.4 Å². The lowest BCUT2D eigenvalue weighted by atomic mass is 10.2. The Bertz CT molecular complexity index is 1240. The monoisotopic (exact) mass is 362 g/mol. The first kappa shape index (κ1) is 16.8. The summed E-state index contributed by atoms with van der Waals surface area (Å²) in [5.41, 5.74) is 2.43. The van der Waals surface area contributed by atoms with Crippen LogP contribution >= 0.6 is 0 Å². The molecular formula is C20H18N4O3. The predicted molar refractivity (Wildman–Crippen MR) is 105 cm³/mol. The van der Waals surface area contributed by atoms with E-state index < -0.39 is 0 Å². The molecule has 0 spiro atoms. The summed E-state index contributed by atoms with van der Waals surface area (Å²) >= 11 is 0. The standard InChI is InChI=1S/C20H18N4O3/c1-12-22-18-15-6-4-5-7-16(15)23-19(18)20(25)24(12)21-11-13-8-9-14(26-2)10-17(13)27-3/h4-11,23H,1-3H3/b21-11+. The molecule has 0 saturated carbocycles. The SMILES string of the molecule is COc1ccc(/C=N/n2c(C)nc3c([nH]c4ccccc43)c2=O)c(OC)c1. The molecular weight excluding hydrogens is 344 g/mol. The average molecular weight is 362 g/mol. The Labute approximate surface area is 154 Å². The van der Waals surface area contributed by atoms with Crippen molar-refractivity contribution in [2.24, 2.45) is 5.10 Å². The molecule has 4 rings (SSSR count). The van der Waals surface area contributed by atoms with Gasteiger partial charge in [-0.25, -0.2) is 4.98 Å². The third-order valence-corrected chi connectivity index (χ3v) is 4.42. The van der Waals surface area contributed by atoms with Crippen LogP contribution in [0.1, 0.15) is 11.4 Å². The molecule has 0 fully saturated rings. The molecule has 0 aliphatic heterocycles. The Morgan fingerprint density at radius 1 is 1.15 bits per heavy atom. The summed E-state index contributed by atoms with van der Waals surface area (Å²) in [7, 11) is 3.16. The van der Waals surface area contributed by atoms with Gasteiger partial charge in [-0.1, -0.05) is 18.2 Å². The predicted octanol–water partition coefficient (Wildman–Crippen LogP) is 3.09. The minimum absolute atomic E-state index is 0.252. The number of methoxy groups -OCH3 is 2. The molecule has 0 bridgehead atoms. The van der Waals surface area contributed by atoms with Crippen LogP contribution < -0.4 is 15.0 Å². The van der Waals surface area contributed by atoms with Crippen molar-refractivity contribution in [1.82, 2.24) is 14.6 Å². The maximum absolute atomic E-state index is 12.9. The second-order valence-corrected chi connectivity index (χ2v) is 6.02. The van der Waals surface area contributed by atoms with Crippen molar-refractivity contribution in [3.8, 4) is 11.5 Å². The zero-order valence-electron chi connectivity index (χ0n) is 15.2. The quantitative estimate of drug-likeness (QED) is 0.566. The largest absolute Gasteiger partial charge is 0.497 e. The van der Waals surface area contributed by atoms with Crippen LogP contribution in [0, 0.1) is 6.92 Å². The molecule has 7 heteroatoms. The number of rotatable bonds is 4. The summed E-state index contributed by atoms with van der Waals surface area (Å²) in [6, 6.07) is 13.1. The van der Waals surface area contributed by atoms with E-state index >= 15 is 0 Å². The van der Waals surface area contributed by atoms with Crippen LogP contribution in [-0.2, 0) is 0 Å². The topological polar surface area (TPSA) is 81.5 Å². The van der Waals surface area contributed by atoms with Gasteiger partial charge in [-0.2, -0.15) is 9.78 Å². The van der Waals surface area contributed by atoms with E-state index in [2.05, 4.69) is 15.1 Å². The Kier molecular flexibility index (Phi) is 4.12. The molecule has 0 aliphatic rings. The number of ether oxygens (including phenoxy) is 2. The van der Waals surface area contributed by atoms with Crippen molar-refractivity contribution in [3.63, 3.8) is 0 Å². The van der Waals surface area contributed by atoms with Gasteiger partial charge in [-0.15, -0.1) is 0 Å². The number of nitrogens with one attached hydrogen (secondary N) is 1. The first-order valence-corrected chi connectivity index (χ1v) is 8.39. The van der Waals surface area contributed by atoms with Crippen molar-refractivity contribution >= 4 is 28.2 Å². The van der Waals surface area contributed by atoms with Gasteiger partial charge in [0.1, 0.15) is 28.4 Å². The van der Waals surface area contributed by atoms with Crippen molar-refractivity contribution in [2.45, 2.75) is 6.92 Å². The smallest absolute Gasteiger partial charge is 0.298 e. The second-order valence-electron chi connectivity index (χ2n) is 6.02. The van der Waals surface area contributed by atoms with Crippen molar-refractivity contribution in [2.75, 3.05) is 14.2 Å². The Balaban J connectivity index is 1.84. The molecule has 0 unspecified atom stereocenters. The number of fused-ring (bicyclic) bond motifs is 3. The summed E-state index contributed by atoms with van der Waals surface area (Å²) in [5, 5.41) is 5.25. The molecule has 7 nitrogen and oxygen atoms in total. The zero-order chi connectivity index (χ0) is 19.0. The molecule has 0 radical (unpaired) electrons. The van der Waals surface area contributed by atoms with Gasteiger partial charge in [-0.05, 0) is 25.1 Å². The number of nitrogens with zero attached hydrogens (tertiary/aromatic N) is 3. The summed E-state index contributed by atoms with van der Waals surface area (Å²) in [6.45, 7) is 1.76. The fraction of sp³-hybridized carbons (Fsp3) is 0.150. The van der Waals surface area contributed by atoms with Gasteiger partial charge in [0.05, 0.1) is 20.4 Å². The lowest BCUT2D eigenvalue weighted by Crippen LogP contribution is -2.20. The average Bonchev–Trinajstić information content (AvgIpc) is 3.06. The molecule has 0 aliphatic carbocycles. The van der Waals surface area contributed by atoms with Gasteiger partial charge in [-0.3, -0.25) is 4.79 Å². The van der Waals surface area contributed by atoms with Crippen LogP contribution in [0.2, 0.25) is 0 Å². The van der Waals surface area contributed by atoms with Crippen molar-refractivity contribution < 1.29 is 9.47 Å². The summed E-state index contributed by atoms with van der Waals surface area (Å²) in [5.74, 6) is 1.78. The molecule has 2 aromatic carbocycles. The van der Waals surface area contributed by atoms with Crippen LogP contribution in [0.25, 0.3) is 21.9 Å². The maximum Gasteiger partial charge on any atom is 0.298 e. The van der Waals surface area contributed by atoms with Crippen LogP contribution in [0.3, 0.4) is 0 Å². The number of H-pyrrole nitrogens is 1. The van der Waals surface area contributed by atoms with E-state index in [-0.39, 0.29) is 5.56 Å². The normalized spacial score (nSPS) is 11.5. The highest BCUT2D eigenvalue weighted by molar-refractivity contribution is 6.04. The van der Waals surface area contributed by atoms with Crippen LogP contribution in [0.5, 0.6) is 11.5 Å². The number of hydrogen-bond donors (Lipinski definition) is 1. The third kappa shape index (κ3) is 2.83. The van der Waals surface area contributed by atoms with E-state index in [1.807, 2.05) is 30.3 Å². The van der Waals surface area contributed by atoms with Crippen molar-refractivity contribution in [3.05, 3.63) is 64.2 Å². The number of aromatic amines is 1. The van der Waals surface area contributed by atoms with Crippen molar-refractivity contribution in [1.29, 1.82) is 0 Å². The molecule has 0 amide bonds. The van der Waals surface area contributed by atoms with E-state index in [9.17, 15) is 4.79 Å². The van der Waals surface area contributed by atoms with Crippen LogP contribution in [-0.4, -0.2) is 35.1 Å². The minimum atomic E-state index is -0.252. The third-order valence-electron chi connectivity index (χ3n) is 4.42. The maximum atomic E-state index is 12.9.